The summed E-state index contributed by atoms with van der Waals surface area (Å²) in [6.45, 7) is 4.47. The molecule has 0 radical (unpaired) electrons. The van der Waals surface area contributed by atoms with Crippen molar-refractivity contribution in [1.82, 2.24) is 0 Å². The Bertz CT molecular complexity index is 300. The first-order chi connectivity index (χ1) is 7.18. The molecule has 0 saturated carbocycles. The lowest BCUT2D eigenvalue weighted by molar-refractivity contribution is 0.152. The van der Waals surface area contributed by atoms with Crippen molar-refractivity contribution >= 4 is 23.5 Å². The largest absolute Gasteiger partial charge is 0.467 e. The van der Waals surface area contributed by atoms with Crippen LogP contribution in [0.5, 0.6) is 0 Å². The van der Waals surface area contributed by atoms with Gasteiger partial charge in [-0.15, -0.1) is 0 Å². The summed E-state index contributed by atoms with van der Waals surface area (Å²) in [5.41, 5.74) is 0. The second-order valence-electron chi connectivity index (χ2n) is 3.88. The van der Waals surface area contributed by atoms with Gasteiger partial charge >= 0.3 is 0 Å². The second-order valence-corrected chi connectivity index (χ2v) is 6.91. The molecular weight excluding hydrogens is 228 g/mol. The summed E-state index contributed by atoms with van der Waals surface area (Å²) in [6, 6.07) is 3.67. The Kier molecular flexibility index (Phi) is 3.69. The molecule has 0 bridgehead atoms. The molecule has 0 amide bonds. The molecule has 1 aliphatic rings. The molecule has 2 rings (SSSR count). The third-order valence-corrected chi connectivity index (χ3v) is 6.24. The van der Waals surface area contributed by atoms with E-state index in [1.54, 1.807) is 6.26 Å². The molecule has 2 heterocycles. The van der Waals surface area contributed by atoms with Gasteiger partial charge in [0.1, 0.15) is 11.9 Å². The lowest BCUT2D eigenvalue weighted by Crippen LogP contribution is -2.30. The molecule has 15 heavy (non-hydrogen) atoms. The summed E-state index contributed by atoms with van der Waals surface area (Å²) < 4.78 is 5.24. The number of hydrogen-bond donors (Lipinski definition) is 1. The van der Waals surface area contributed by atoms with Crippen LogP contribution in [0, 0.1) is 0 Å². The van der Waals surface area contributed by atoms with Crippen molar-refractivity contribution < 1.29 is 9.52 Å². The molecular formula is C11H16O2S2. The minimum Gasteiger partial charge on any atom is -0.467 e. The van der Waals surface area contributed by atoms with Gasteiger partial charge in [0.25, 0.3) is 0 Å². The van der Waals surface area contributed by atoms with Gasteiger partial charge in [-0.05, 0) is 12.1 Å². The topological polar surface area (TPSA) is 33.4 Å². The summed E-state index contributed by atoms with van der Waals surface area (Å²) in [5.74, 6) is 1.69. The average molecular weight is 244 g/mol. The quantitative estimate of drug-likeness (QED) is 0.867. The Balaban J connectivity index is 2.00. The summed E-state index contributed by atoms with van der Waals surface area (Å²) in [4.78, 5) is 0. The second kappa shape index (κ2) is 4.85. The molecule has 0 aromatic carbocycles. The van der Waals surface area contributed by atoms with Crippen molar-refractivity contribution in [3.63, 3.8) is 0 Å². The van der Waals surface area contributed by atoms with E-state index >= 15 is 0 Å². The van der Waals surface area contributed by atoms with Crippen molar-refractivity contribution in [2.24, 2.45) is 0 Å². The lowest BCUT2D eigenvalue weighted by Gasteiger charge is -2.33. The van der Waals surface area contributed by atoms with Gasteiger partial charge in [0, 0.05) is 21.5 Å². The fourth-order valence-corrected chi connectivity index (χ4v) is 4.60. The van der Waals surface area contributed by atoms with Crippen LogP contribution in [-0.4, -0.2) is 26.6 Å². The normalized spacial score (nSPS) is 33.9. The average Bonchev–Trinajstić information content (AvgIpc) is 2.74. The summed E-state index contributed by atoms with van der Waals surface area (Å²) in [6.07, 6.45) is 1.15. The third-order valence-electron chi connectivity index (χ3n) is 2.76. The van der Waals surface area contributed by atoms with Crippen LogP contribution < -0.4 is 0 Å². The van der Waals surface area contributed by atoms with Crippen molar-refractivity contribution in [3.05, 3.63) is 24.2 Å². The van der Waals surface area contributed by atoms with Gasteiger partial charge < -0.3 is 9.52 Å². The Morgan fingerprint density at radius 1 is 1.47 bits per heavy atom. The smallest absolute Gasteiger partial charge is 0.133 e. The highest BCUT2D eigenvalue weighted by atomic mass is 32.2. The molecule has 0 spiro atoms. The van der Waals surface area contributed by atoms with E-state index in [2.05, 4.69) is 13.8 Å². The van der Waals surface area contributed by atoms with Crippen LogP contribution in [0.25, 0.3) is 0 Å². The number of rotatable bonds is 2. The first-order valence-electron chi connectivity index (χ1n) is 5.17. The maximum atomic E-state index is 10.1. The summed E-state index contributed by atoms with van der Waals surface area (Å²) >= 11 is 3.81. The molecule has 1 fully saturated rings. The van der Waals surface area contributed by atoms with Crippen molar-refractivity contribution in [3.8, 4) is 0 Å². The molecule has 1 aromatic rings. The van der Waals surface area contributed by atoms with Gasteiger partial charge in [-0.2, -0.15) is 23.5 Å². The molecule has 84 valence electrons. The van der Waals surface area contributed by atoms with E-state index in [0.717, 1.165) is 5.75 Å². The van der Waals surface area contributed by atoms with Crippen LogP contribution in [-0.2, 0) is 0 Å². The van der Waals surface area contributed by atoms with E-state index < -0.39 is 6.10 Å². The molecule has 2 nitrogen and oxygen atoms in total. The van der Waals surface area contributed by atoms with Crippen LogP contribution in [0.2, 0.25) is 0 Å². The Labute approximate surface area is 98.8 Å². The molecule has 4 unspecified atom stereocenters. The van der Waals surface area contributed by atoms with Crippen molar-refractivity contribution in [2.45, 2.75) is 35.7 Å². The maximum Gasteiger partial charge on any atom is 0.133 e. The molecule has 1 N–H and O–H groups in total. The number of furan rings is 1. The van der Waals surface area contributed by atoms with E-state index in [1.165, 1.54) is 0 Å². The number of aliphatic hydroxyl groups is 1. The zero-order chi connectivity index (χ0) is 10.8. The van der Waals surface area contributed by atoms with Gasteiger partial charge in [-0.25, -0.2) is 0 Å². The number of aliphatic hydroxyl groups excluding tert-OH is 1. The minimum absolute atomic E-state index is 0.257. The van der Waals surface area contributed by atoms with Crippen LogP contribution in [0.1, 0.15) is 25.7 Å². The fourth-order valence-electron chi connectivity index (χ4n) is 1.62. The van der Waals surface area contributed by atoms with Crippen LogP contribution >= 0.6 is 23.5 Å². The predicted octanol–water partition coefficient (Wildman–Crippen LogP) is 2.94. The number of hydrogen-bond acceptors (Lipinski definition) is 4. The van der Waals surface area contributed by atoms with E-state index in [-0.39, 0.29) is 5.25 Å². The number of thioether (sulfide) groups is 2. The first kappa shape index (κ1) is 11.4. The van der Waals surface area contributed by atoms with Gasteiger partial charge in [0.15, 0.2) is 0 Å². The molecule has 0 aliphatic carbocycles. The standard InChI is InChI=1S/C11H16O2S2/c1-7-8(2)15-10(6-14-7)11(12)9-4-3-5-13-9/h3-5,7-8,10-12H,6H2,1-2H3. The highest BCUT2D eigenvalue weighted by Crippen LogP contribution is 2.40. The Morgan fingerprint density at radius 2 is 2.27 bits per heavy atom. The van der Waals surface area contributed by atoms with Gasteiger partial charge in [-0.1, -0.05) is 13.8 Å². The van der Waals surface area contributed by atoms with Gasteiger partial charge in [0.2, 0.25) is 0 Å². The van der Waals surface area contributed by atoms with Crippen LogP contribution in [0.3, 0.4) is 0 Å². The Morgan fingerprint density at radius 3 is 2.87 bits per heavy atom. The van der Waals surface area contributed by atoms with Gasteiger partial charge in [0.05, 0.1) is 6.26 Å². The predicted molar refractivity (Wildman–Crippen MR) is 66.4 cm³/mol. The van der Waals surface area contributed by atoms with E-state index in [9.17, 15) is 5.11 Å². The molecule has 4 atom stereocenters. The zero-order valence-electron chi connectivity index (χ0n) is 8.92. The third kappa shape index (κ3) is 2.55. The van der Waals surface area contributed by atoms with Crippen molar-refractivity contribution in [2.75, 3.05) is 5.75 Å². The lowest BCUT2D eigenvalue weighted by atomic mass is 10.2. The van der Waals surface area contributed by atoms with Crippen molar-refractivity contribution in [1.29, 1.82) is 0 Å². The van der Waals surface area contributed by atoms with Gasteiger partial charge in [-0.3, -0.25) is 0 Å². The molecule has 1 aromatic heterocycles. The molecule has 1 saturated heterocycles. The fraction of sp³-hybridized carbons (Fsp3) is 0.636. The zero-order valence-corrected chi connectivity index (χ0v) is 10.6. The molecule has 1 aliphatic heterocycles. The van der Waals surface area contributed by atoms with Crippen LogP contribution in [0.15, 0.2) is 22.8 Å². The molecule has 4 heteroatoms. The highest BCUT2D eigenvalue weighted by molar-refractivity contribution is 8.07. The summed E-state index contributed by atoms with van der Waals surface area (Å²) in [5, 5.41) is 11.6. The maximum absolute atomic E-state index is 10.1. The van der Waals surface area contributed by atoms with E-state index in [0.29, 0.717) is 16.3 Å². The Hall–Kier alpha value is -0.0600. The van der Waals surface area contributed by atoms with Crippen LogP contribution in [0.4, 0.5) is 0 Å². The first-order valence-corrected chi connectivity index (χ1v) is 7.16. The van der Waals surface area contributed by atoms with E-state index in [1.807, 2.05) is 35.7 Å². The SMILES string of the molecule is CC1SCC(C(O)c2ccco2)SC1C. The summed E-state index contributed by atoms with van der Waals surface area (Å²) in [7, 11) is 0. The monoisotopic (exact) mass is 244 g/mol. The highest BCUT2D eigenvalue weighted by Gasteiger charge is 2.32. The minimum atomic E-state index is -0.465. The van der Waals surface area contributed by atoms with E-state index in [4.69, 9.17) is 4.42 Å².